The van der Waals surface area contributed by atoms with E-state index in [0.717, 1.165) is 31.9 Å². The van der Waals surface area contributed by atoms with Crippen molar-refractivity contribution in [1.82, 2.24) is 30.0 Å². The number of aromatic nitrogens is 4. The fourth-order valence-corrected chi connectivity index (χ4v) is 4.97. The molecule has 6 nitrogen and oxygen atoms in total. The Bertz CT molecular complexity index is 694. The Hall–Kier alpha value is -1.31. The van der Waals surface area contributed by atoms with Crippen LogP contribution in [0.1, 0.15) is 56.8 Å². The van der Waals surface area contributed by atoms with E-state index in [1.54, 1.807) is 0 Å². The van der Waals surface area contributed by atoms with Crippen LogP contribution in [0.25, 0.3) is 0 Å². The number of fused-ring (bicyclic) bond motifs is 1. The van der Waals surface area contributed by atoms with Gasteiger partial charge in [0, 0.05) is 30.6 Å². The highest BCUT2D eigenvalue weighted by Gasteiger charge is 2.38. The molecule has 0 radical (unpaired) electrons. The van der Waals surface area contributed by atoms with Gasteiger partial charge in [-0.2, -0.15) is 0 Å². The van der Waals surface area contributed by atoms with Gasteiger partial charge in [-0.1, -0.05) is 13.0 Å². The number of thiophene rings is 1. The fourth-order valence-electron chi connectivity index (χ4n) is 4.11. The summed E-state index contributed by atoms with van der Waals surface area (Å²) in [6, 6.07) is 5.22. The number of tetrazole rings is 1. The molecule has 0 bridgehead atoms. The molecule has 0 saturated carbocycles. The monoisotopic (exact) mass is 360 g/mol. The predicted octanol–water partition coefficient (Wildman–Crippen LogP) is 2.75. The minimum atomic E-state index is -0.0798. The van der Waals surface area contributed by atoms with E-state index in [4.69, 9.17) is 0 Å². The molecule has 2 atom stereocenters. The fraction of sp³-hybridized carbons (Fsp3) is 0.722. The summed E-state index contributed by atoms with van der Waals surface area (Å²) in [4.78, 5) is 6.60. The smallest absolute Gasteiger partial charge is 0.174 e. The predicted molar refractivity (Wildman–Crippen MR) is 99.8 cm³/mol. The molecule has 4 heterocycles. The van der Waals surface area contributed by atoms with Crippen molar-refractivity contribution in [2.45, 2.75) is 57.7 Å². The summed E-state index contributed by atoms with van der Waals surface area (Å²) in [5.74, 6) is 0.987. The van der Waals surface area contributed by atoms with E-state index in [1.165, 1.54) is 24.3 Å². The largest absolute Gasteiger partial charge is 0.298 e. The van der Waals surface area contributed by atoms with E-state index in [2.05, 4.69) is 68.3 Å². The molecule has 2 aliphatic heterocycles. The number of piperazine rings is 1. The van der Waals surface area contributed by atoms with Crippen LogP contribution in [-0.4, -0.2) is 62.2 Å². The molecule has 0 amide bonds. The zero-order valence-electron chi connectivity index (χ0n) is 15.4. The highest BCUT2D eigenvalue weighted by atomic mass is 32.1. The Morgan fingerprint density at radius 2 is 2.20 bits per heavy atom. The van der Waals surface area contributed by atoms with Crippen LogP contribution >= 0.6 is 11.3 Å². The lowest BCUT2D eigenvalue weighted by Crippen LogP contribution is -2.51. The zero-order valence-corrected chi connectivity index (χ0v) is 16.2. The first-order chi connectivity index (χ1) is 12.1. The maximum Gasteiger partial charge on any atom is 0.174 e. The van der Waals surface area contributed by atoms with Crippen LogP contribution in [0.15, 0.2) is 17.5 Å². The summed E-state index contributed by atoms with van der Waals surface area (Å²) in [6.07, 6.45) is 3.65. The quantitative estimate of drug-likeness (QED) is 0.821. The second-order valence-corrected chi connectivity index (χ2v) is 8.84. The normalized spacial score (nSPS) is 23.7. The highest BCUT2D eigenvalue weighted by molar-refractivity contribution is 7.10. The number of hydrogen-bond acceptors (Lipinski definition) is 6. The number of nitrogens with zero attached hydrogens (tertiary/aromatic N) is 6. The Morgan fingerprint density at radius 3 is 2.96 bits per heavy atom. The van der Waals surface area contributed by atoms with E-state index in [0.29, 0.717) is 6.04 Å². The summed E-state index contributed by atoms with van der Waals surface area (Å²) in [7, 11) is 0. The molecular weight excluding hydrogens is 332 g/mol. The van der Waals surface area contributed by atoms with Crippen molar-refractivity contribution < 1.29 is 0 Å². The van der Waals surface area contributed by atoms with E-state index in [9.17, 15) is 0 Å². The average molecular weight is 361 g/mol. The van der Waals surface area contributed by atoms with Crippen LogP contribution < -0.4 is 0 Å². The zero-order chi connectivity index (χ0) is 17.4. The SMILES string of the molecule is CCC(C)(C)n1nnnc1C(c1cccs1)N1CCN2CCCC2C1. The topological polar surface area (TPSA) is 50.1 Å². The van der Waals surface area contributed by atoms with E-state index in [-0.39, 0.29) is 11.6 Å². The van der Waals surface area contributed by atoms with Gasteiger partial charge in [-0.15, -0.1) is 16.4 Å². The third-order valence-corrected chi connectivity index (χ3v) is 6.90. The van der Waals surface area contributed by atoms with Gasteiger partial charge in [0.1, 0.15) is 6.04 Å². The molecular formula is C18H28N6S. The molecule has 136 valence electrons. The lowest BCUT2D eigenvalue weighted by atomic mass is 10.0. The van der Waals surface area contributed by atoms with Gasteiger partial charge in [0.25, 0.3) is 0 Å². The number of hydrogen-bond donors (Lipinski definition) is 0. The Kier molecular flexibility index (Phi) is 4.64. The second kappa shape index (κ2) is 6.78. The third kappa shape index (κ3) is 3.13. The van der Waals surface area contributed by atoms with Gasteiger partial charge < -0.3 is 0 Å². The van der Waals surface area contributed by atoms with Crippen molar-refractivity contribution in [3.8, 4) is 0 Å². The van der Waals surface area contributed by atoms with Gasteiger partial charge in [-0.25, -0.2) is 4.68 Å². The molecule has 2 aromatic heterocycles. The van der Waals surface area contributed by atoms with E-state index in [1.807, 2.05) is 11.3 Å². The lowest BCUT2D eigenvalue weighted by Gasteiger charge is -2.41. The molecule has 0 aromatic carbocycles. The summed E-state index contributed by atoms with van der Waals surface area (Å²) in [6.45, 7) is 11.2. The van der Waals surface area contributed by atoms with E-state index >= 15 is 0 Å². The minimum Gasteiger partial charge on any atom is -0.298 e. The summed E-state index contributed by atoms with van der Waals surface area (Å²) < 4.78 is 2.05. The molecule has 0 aliphatic carbocycles. The molecule has 25 heavy (non-hydrogen) atoms. The Morgan fingerprint density at radius 1 is 1.32 bits per heavy atom. The molecule has 2 unspecified atom stereocenters. The van der Waals surface area contributed by atoms with E-state index < -0.39 is 0 Å². The summed E-state index contributed by atoms with van der Waals surface area (Å²) >= 11 is 1.81. The van der Waals surface area contributed by atoms with Gasteiger partial charge in [0.2, 0.25) is 0 Å². The Balaban J connectivity index is 1.70. The maximum atomic E-state index is 4.50. The van der Waals surface area contributed by atoms with Crippen molar-refractivity contribution >= 4 is 11.3 Å². The van der Waals surface area contributed by atoms with Crippen LogP contribution in [0.3, 0.4) is 0 Å². The molecule has 2 fully saturated rings. The van der Waals surface area contributed by atoms with Gasteiger partial charge in [-0.05, 0) is 61.5 Å². The molecule has 4 rings (SSSR count). The number of rotatable bonds is 5. The first kappa shape index (κ1) is 17.1. The molecule has 2 aliphatic rings. The highest BCUT2D eigenvalue weighted by Crippen LogP contribution is 2.35. The van der Waals surface area contributed by atoms with Crippen LogP contribution in [0, 0.1) is 0 Å². The van der Waals surface area contributed by atoms with Gasteiger partial charge >= 0.3 is 0 Å². The minimum absolute atomic E-state index is 0.0798. The van der Waals surface area contributed by atoms with Crippen molar-refractivity contribution in [3.05, 3.63) is 28.2 Å². The standard InChI is InChI=1S/C18H28N6S/c1-4-18(2,3)24-17(19-20-21-24)16(15-8-6-12-25-15)23-11-10-22-9-5-7-14(22)13-23/h6,8,12,14,16H,4-5,7,9-11,13H2,1-3H3. The molecule has 2 aromatic rings. The van der Waals surface area contributed by atoms with Gasteiger partial charge in [0.15, 0.2) is 5.82 Å². The summed E-state index contributed by atoms with van der Waals surface area (Å²) in [5, 5.41) is 15.1. The van der Waals surface area contributed by atoms with Crippen molar-refractivity contribution in [2.24, 2.45) is 0 Å². The van der Waals surface area contributed by atoms with Gasteiger partial charge in [0.05, 0.1) is 5.54 Å². The molecule has 2 saturated heterocycles. The Labute approximate surface area is 153 Å². The molecule has 7 heteroatoms. The van der Waals surface area contributed by atoms with Crippen LogP contribution in [0.5, 0.6) is 0 Å². The van der Waals surface area contributed by atoms with Crippen LogP contribution in [-0.2, 0) is 5.54 Å². The van der Waals surface area contributed by atoms with Crippen molar-refractivity contribution in [3.63, 3.8) is 0 Å². The first-order valence-corrected chi connectivity index (χ1v) is 10.3. The molecule has 0 spiro atoms. The second-order valence-electron chi connectivity index (χ2n) is 7.86. The third-order valence-electron chi connectivity index (χ3n) is 5.97. The van der Waals surface area contributed by atoms with Crippen LogP contribution in [0.2, 0.25) is 0 Å². The lowest BCUT2D eigenvalue weighted by molar-refractivity contribution is 0.0781. The van der Waals surface area contributed by atoms with Crippen molar-refractivity contribution in [2.75, 3.05) is 26.2 Å². The average Bonchev–Trinajstić information content (AvgIpc) is 3.36. The van der Waals surface area contributed by atoms with Crippen LogP contribution in [0.4, 0.5) is 0 Å². The first-order valence-electron chi connectivity index (χ1n) is 9.40. The van der Waals surface area contributed by atoms with Gasteiger partial charge in [-0.3, -0.25) is 9.80 Å². The molecule has 0 N–H and O–H groups in total. The summed E-state index contributed by atoms with van der Waals surface area (Å²) in [5.41, 5.74) is -0.0798. The van der Waals surface area contributed by atoms with Crippen molar-refractivity contribution in [1.29, 1.82) is 0 Å². The maximum absolute atomic E-state index is 4.50.